The van der Waals surface area contributed by atoms with Gasteiger partial charge in [-0.15, -0.1) is 0 Å². The van der Waals surface area contributed by atoms with Crippen LogP contribution in [-0.4, -0.2) is 32.3 Å². The fourth-order valence-electron chi connectivity index (χ4n) is 1.99. The Morgan fingerprint density at radius 1 is 1.55 bits per heavy atom. The Hall–Kier alpha value is -1.30. The zero-order valence-corrected chi connectivity index (χ0v) is 12.0. The maximum absolute atomic E-state index is 11.7. The van der Waals surface area contributed by atoms with Crippen LogP contribution in [0, 0.1) is 5.92 Å². The molecule has 1 saturated heterocycles. The summed E-state index contributed by atoms with van der Waals surface area (Å²) in [6.45, 7) is 2.62. The van der Waals surface area contributed by atoms with Gasteiger partial charge in [0.25, 0.3) is 0 Å². The fourth-order valence-corrected chi connectivity index (χ4v) is 2.17. The molecule has 20 heavy (non-hydrogen) atoms. The first-order chi connectivity index (χ1) is 9.65. The van der Waals surface area contributed by atoms with Crippen LogP contribution in [0.15, 0.2) is 18.2 Å². The summed E-state index contributed by atoms with van der Waals surface area (Å²) < 4.78 is 10.7. The van der Waals surface area contributed by atoms with Crippen LogP contribution in [0.4, 0.5) is 11.4 Å². The van der Waals surface area contributed by atoms with Crippen molar-refractivity contribution in [1.29, 1.82) is 0 Å². The number of amides is 1. The van der Waals surface area contributed by atoms with Crippen LogP contribution in [0.2, 0.25) is 5.02 Å². The SMILES string of the molecule is Nc1cc(Cl)ccc1NC(=O)CCOCC1CCOC1. The maximum Gasteiger partial charge on any atom is 0.226 e. The first kappa shape index (κ1) is 15.1. The molecule has 5 nitrogen and oxygen atoms in total. The molecular formula is C14H19ClN2O3. The van der Waals surface area contributed by atoms with Gasteiger partial charge in [-0.2, -0.15) is 0 Å². The number of hydrogen-bond donors (Lipinski definition) is 2. The number of nitrogens with one attached hydrogen (secondary N) is 1. The normalized spacial score (nSPS) is 18.1. The summed E-state index contributed by atoms with van der Waals surface area (Å²) in [7, 11) is 0. The third kappa shape index (κ3) is 4.67. The molecule has 0 saturated carbocycles. The van der Waals surface area contributed by atoms with Crippen LogP contribution in [0.5, 0.6) is 0 Å². The number of carbonyl (C=O) groups excluding carboxylic acids is 1. The smallest absolute Gasteiger partial charge is 0.226 e. The molecule has 1 aromatic rings. The third-order valence-corrected chi connectivity index (χ3v) is 3.37. The van der Waals surface area contributed by atoms with E-state index in [1.165, 1.54) is 0 Å². The topological polar surface area (TPSA) is 73.6 Å². The summed E-state index contributed by atoms with van der Waals surface area (Å²) in [4.78, 5) is 11.7. The minimum atomic E-state index is -0.123. The summed E-state index contributed by atoms with van der Waals surface area (Å²) >= 11 is 5.80. The first-order valence-electron chi connectivity index (χ1n) is 6.65. The number of anilines is 2. The Kier molecular flexibility index (Phi) is 5.64. The molecule has 1 unspecified atom stereocenters. The molecule has 1 fully saturated rings. The lowest BCUT2D eigenvalue weighted by Crippen LogP contribution is -2.17. The van der Waals surface area contributed by atoms with E-state index in [4.69, 9.17) is 26.8 Å². The van der Waals surface area contributed by atoms with E-state index in [1.807, 2.05) is 0 Å². The quantitative estimate of drug-likeness (QED) is 0.624. The zero-order valence-electron chi connectivity index (χ0n) is 11.2. The molecule has 0 spiro atoms. The highest BCUT2D eigenvalue weighted by atomic mass is 35.5. The third-order valence-electron chi connectivity index (χ3n) is 3.14. The summed E-state index contributed by atoms with van der Waals surface area (Å²) in [6.07, 6.45) is 1.34. The maximum atomic E-state index is 11.7. The lowest BCUT2D eigenvalue weighted by molar-refractivity contribution is -0.117. The highest BCUT2D eigenvalue weighted by Crippen LogP contribution is 2.22. The molecule has 1 aromatic carbocycles. The number of hydrogen-bond acceptors (Lipinski definition) is 4. The van der Waals surface area contributed by atoms with E-state index in [0.29, 0.717) is 41.9 Å². The van der Waals surface area contributed by atoms with Gasteiger partial charge >= 0.3 is 0 Å². The minimum Gasteiger partial charge on any atom is -0.397 e. The molecule has 0 bridgehead atoms. The van der Waals surface area contributed by atoms with Crippen LogP contribution >= 0.6 is 11.6 Å². The fraction of sp³-hybridized carbons (Fsp3) is 0.500. The lowest BCUT2D eigenvalue weighted by Gasteiger charge is -2.10. The lowest BCUT2D eigenvalue weighted by atomic mass is 10.1. The second-order valence-electron chi connectivity index (χ2n) is 4.83. The van der Waals surface area contributed by atoms with Gasteiger partial charge in [-0.25, -0.2) is 0 Å². The van der Waals surface area contributed by atoms with Crippen molar-refractivity contribution in [3.05, 3.63) is 23.2 Å². The Labute approximate surface area is 123 Å². The molecule has 0 radical (unpaired) electrons. The predicted octanol–water partition coefficient (Wildman–Crippen LogP) is 2.30. The standard InChI is InChI=1S/C14H19ClN2O3/c15-11-1-2-13(12(16)7-11)17-14(18)4-6-20-9-10-3-5-19-8-10/h1-2,7,10H,3-6,8-9,16H2,(H,17,18). The van der Waals surface area contributed by atoms with E-state index in [2.05, 4.69) is 5.32 Å². The van der Waals surface area contributed by atoms with Gasteiger partial charge in [-0.05, 0) is 24.6 Å². The monoisotopic (exact) mass is 298 g/mol. The van der Waals surface area contributed by atoms with Crippen molar-refractivity contribution in [2.24, 2.45) is 5.92 Å². The predicted molar refractivity (Wildman–Crippen MR) is 78.9 cm³/mol. The second kappa shape index (κ2) is 7.47. The van der Waals surface area contributed by atoms with Gasteiger partial charge in [-0.3, -0.25) is 4.79 Å². The van der Waals surface area contributed by atoms with Gasteiger partial charge in [0.15, 0.2) is 0 Å². The highest BCUT2D eigenvalue weighted by Gasteiger charge is 2.15. The molecule has 110 valence electrons. The molecule has 1 aliphatic rings. The Balaban J connectivity index is 1.67. The van der Waals surface area contributed by atoms with Crippen molar-refractivity contribution in [1.82, 2.24) is 0 Å². The summed E-state index contributed by atoms with van der Waals surface area (Å²) in [6, 6.07) is 4.98. The molecule has 0 aromatic heterocycles. The van der Waals surface area contributed by atoms with Crippen molar-refractivity contribution in [3.8, 4) is 0 Å². The molecule has 1 heterocycles. The Bertz CT molecular complexity index is 462. The Morgan fingerprint density at radius 2 is 2.40 bits per heavy atom. The number of rotatable bonds is 6. The van der Waals surface area contributed by atoms with Gasteiger partial charge in [0, 0.05) is 17.5 Å². The average Bonchev–Trinajstić information content (AvgIpc) is 2.91. The number of carbonyl (C=O) groups is 1. The van der Waals surface area contributed by atoms with Crippen molar-refractivity contribution in [2.75, 3.05) is 37.5 Å². The van der Waals surface area contributed by atoms with Crippen LogP contribution in [0.3, 0.4) is 0 Å². The van der Waals surface area contributed by atoms with Gasteiger partial charge in [0.05, 0.1) is 37.6 Å². The summed E-state index contributed by atoms with van der Waals surface area (Å²) in [5.41, 5.74) is 6.79. The van der Waals surface area contributed by atoms with Crippen molar-refractivity contribution >= 4 is 28.9 Å². The van der Waals surface area contributed by atoms with Crippen LogP contribution in [-0.2, 0) is 14.3 Å². The number of ether oxygens (including phenoxy) is 2. The summed E-state index contributed by atoms with van der Waals surface area (Å²) in [5, 5.41) is 3.28. The summed E-state index contributed by atoms with van der Waals surface area (Å²) in [5.74, 6) is 0.340. The molecule has 1 aliphatic heterocycles. The van der Waals surface area contributed by atoms with E-state index < -0.39 is 0 Å². The second-order valence-corrected chi connectivity index (χ2v) is 5.27. The van der Waals surface area contributed by atoms with E-state index >= 15 is 0 Å². The molecule has 1 amide bonds. The molecule has 6 heteroatoms. The van der Waals surface area contributed by atoms with E-state index in [-0.39, 0.29) is 5.91 Å². The van der Waals surface area contributed by atoms with Crippen LogP contribution in [0.25, 0.3) is 0 Å². The molecular weight excluding hydrogens is 280 g/mol. The Morgan fingerprint density at radius 3 is 3.10 bits per heavy atom. The van der Waals surface area contributed by atoms with E-state index in [1.54, 1.807) is 18.2 Å². The number of nitrogens with two attached hydrogens (primary N) is 1. The number of benzene rings is 1. The molecule has 3 N–H and O–H groups in total. The van der Waals surface area contributed by atoms with Crippen molar-refractivity contribution in [2.45, 2.75) is 12.8 Å². The number of halogens is 1. The minimum absolute atomic E-state index is 0.123. The average molecular weight is 299 g/mol. The number of nitrogen functional groups attached to an aromatic ring is 1. The largest absolute Gasteiger partial charge is 0.397 e. The molecule has 0 aliphatic carbocycles. The molecule has 1 atom stereocenters. The first-order valence-corrected chi connectivity index (χ1v) is 7.03. The van der Waals surface area contributed by atoms with E-state index in [0.717, 1.165) is 19.6 Å². The van der Waals surface area contributed by atoms with Crippen molar-refractivity contribution < 1.29 is 14.3 Å². The van der Waals surface area contributed by atoms with Gasteiger partial charge in [-0.1, -0.05) is 11.6 Å². The van der Waals surface area contributed by atoms with Gasteiger partial charge in [0.1, 0.15) is 0 Å². The van der Waals surface area contributed by atoms with Crippen molar-refractivity contribution in [3.63, 3.8) is 0 Å². The van der Waals surface area contributed by atoms with Crippen LogP contribution in [0.1, 0.15) is 12.8 Å². The van der Waals surface area contributed by atoms with Gasteiger partial charge < -0.3 is 20.5 Å². The highest BCUT2D eigenvalue weighted by molar-refractivity contribution is 6.31. The molecule has 2 rings (SSSR count). The zero-order chi connectivity index (χ0) is 14.4. The van der Waals surface area contributed by atoms with Crippen LogP contribution < -0.4 is 11.1 Å². The van der Waals surface area contributed by atoms with E-state index in [9.17, 15) is 4.79 Å². The van der Waals surface area contributed by atoms with Gasteiger partial charge in [0.2, 0.25) is 5.91 Å².